The van der Waals surface area contributed by atoms with Crippen molar-refractivity contribution in [2.24, 2.45) is 0 Å². The third kappa shape index (κ3) is 4.27. The zero-order valence-electron chi connectivity index (χ0n) is 12.2. The SMILES string of the molecule is Cc1ncsc1-c1ccc([C@H](CNC(=O)O)OCCO)cc1. The summed E-state index contributed by atoms with van der Waals surface area (Å²) < 4.78 is 5.50. The number of rotatable bonds is 7. The number of carboxylic acid groups (broad SMARTS) is 1. The second kappa shape index (κ2) is 7.88. The number of nitrogens with one attached hydrogen (secondary N) is 1. The van der Waals surface area contributed by atoms with E-state index in [0.717, 1.165) is 21.7 Å². The largest absolute Gasteiger partial charge is 0.465 e. The van der Waals surface area contributed by atoms with Crippen LogP contribution in [0.4, 0.5) is 4.79 Å². The standard InChI is InChI=1S/C15H18N2O4S/c1-10-14(22-9-17-10)12-4-2-11(3-5-12)13(21-7-6-18)8-16-15(19)20/h2-5,9,13,16,18H,6-8H2,1H3,(H,19,20)/t13-/m0/s1. The molecule has 1 aromatic heterocycles. The second-order valence-electron chi connectivity index (χ2n) is 4.66. The topological polar surface area (TPSA) is 91.7 Å². The fourth-order valence-electron chi connectivity index (χ4n) is 2.08. The summed E-state index contributed by atoms with van der Waals surface area (Å²) in [4.78, 5) is 16.0. The van der Waals surface area contributed by atoms with E-state index in [0.29, 0.717) is 0 Å². The Kier molecular flexibility index (Phi) is 5.88. The van der Waals surface area contributed by atoms with Crippen LogP contribution >= 0.6 is 11.3 Å². The van der Waals surface area contributed by atoms with Crippen molar-refractivity contribution >= 4 is 17.4 Å². The molecule has 0 aliphatic carbocycles. The first-order valence-electron chi connectivity index (χ1n) is 6.81. The van der Waals surface area contributed by atoms with Gasteiger partial charge in [-0.3, -0.25) is 0 Å². The Morgan fingerprint density at radius 3 is 2.68 bits per heavy atom. The number of carbonyl (C=O) groups is 1. The van der Waals surface area contributed by atoms with Crippen LogP contribution in [0.5, 0.6) is 0 Å². The van der Waals surface area contributed by atoms with Gasteiger partial charge < -0.3 is 20.3 Å². The molecule has 3 N–H and O–H groups in total. The molecule has 1 heterocycles. The molecule has 0 fully saturated rings. The van der Waals surface area contributed by atoms with Gasteiger partial charge in [0, 0.05) is 0 Å². The molecule has 2 aromatic rings. The maximum atomic E-state index is 10.6. The normalized spacial score (nSPS) is 12.1. The minimum atomic E-state index is -1.10. The minimum absolute atomic E-state index is 0.109. The molecule has 7 heteroatoms. The first kappa shape index (κ1) is 16.4. The van der Waals surface area contributed by atoms with Gasteiger partial charge in [-0.05, 0) is 18.1 Å². The number of hydrogen-bond donors (Lipinski definition) is 3. The van der Waals surface area contributed by atoms with Crippen LogP contribution in [-0.2, 0) is 4.74 Å². The minimum Gasteiger partial charge on any atom is -0.465 e. The molecule has 1 atom stereocenters. The van der Waals surface area contributed by atoms with E-state index in [1.165, 1.54) is 0 Å². The van der Waals surface area contributed by atoms with Gasteiger partial charge in [-0.15, -0.1) is 11.3 Å². The number of aryl methyl sites for hydroxylation is 1. The summed E-state index contributed by atoms with van der Waals surface area (Å²) in [5.41, 5.74) is 4.71. The number of aliphatic hydroxyl groups is 1. The Balaban J connectivity index is 2.13. The number of aliphatic hydroxyl groups excluding tert-OH is 1. The lowest BCUT2D eigenvalue weighted by atomic mass is 10.1. The average molecular weight is 322 g/mol. The van der Waals surface area contributed by atoms with Gasteiger partial charge in [0.2, 0.25) is 0 Å². The Hall–Kier alpha value is -1.96. The molecule has 2 rings (SSSR count). The lowest BCUT2D eigenvalue weighted by Crippen LogP contribution is -2.28. The van der Waals surface area contributed by atoms with E-state index in [1.54, 1.807) is 11.3 Å². The van der Waals surface area contributed by atoms with Crippen molar-refractivity contribution in [1.82, 2.24) is 10.3 Å². The lowest BCUT2D eigenvalue weighted by Gasteiger charge is -2.18. The summed E-state index contributed by atoms with van der Waals surface area (Å²) in [6.45, 7) is 2.14. The molecule has 6 nitrogen and oxygen atoms in total. The van der Waals surface area contributed by atoms with Gasteiger partial charge in [-0.1, -0.05) is 24.3 Å². The number of nitrogens with zero attached hydrogens (tertiary/aromatic N) is 1. The fraction of sp³-hybridized carbons (Fsp3) is 0.333. The zero-order valence-corrected chi connectivity index (χ0v) is 13.0. The maximum absolute atomic E-state index is 10.6. The first-order valence-corrected chi connectivity index (χ1v) is 7.69. The van der Waals surface area contributed by atoms with Crippen molar-refractivity contribution < 1.29 is 19.7 Å². The van der Waals surface area contributed by atoms with E-state index >= 15 is 0 Å². The van der Waals surface area contributed by atoms with E-state index in [-0.39, 0.29) is 19.8 Å². The van der Waals surface area contributed by atoms with Crippen LogP contribution < -0.4 is 5.32 Å². The number of amides is 1. The molecule has 22 heavy (non-hydrogen) atoms. The van der Waals surface area contributed by atoms with Crippen molar-refractivity contribution in [1.29, 1.82) is 0 Å². The summed E-state index contributed by atoms with van der Waals surface area (Å²) in [7, 11) is 0. The van der Waals surface area contributed by atoms with Crippen LogP contribution in [0.3, 0.4) is 0 Å². The number of benzene rings is 1. The van der Waals surface area contributed by atoms with Gasteiger partial charge in [0.1, 0.15) is 6.10 Å². The Bertz CT molecular complexity index is 612. The molecule has 0 unspecified atom stereocenters. The molecule has 1 amide bonds. The van der Waals surface area contributed by atoms with Gasteiger partial charge >= 0.3 is 6.09 Å². The molecule has 118 valence electrons. The monoisotopic (exact) mass is 322 g/mol. The van der Waals surface area contributed by atoms with Crippen molar-refractivity contribution in [3.63, 3.8) is 0 Å². The predicted octanol–water partition coefficient (Wildman–Crippen LogP) is 2.44. The number of hydrogen-bond acceptors (Lipinski definition) is 5. The average Bonchev–Trinajstić information content (AvgIpc) is 2.93. The summed E-state index contributed by atoms with van der Waals surface area (Å²) in [6, 6.07) is 7.73. The predicted molar refractivity (Wildman–Crippen MR) is 84.1 cm³/mol. The summed E-state index contributed by atoms with van der Waals surface area (Å²) in [5.74, 6) is 0. The Morgan fingerprint density at radius 2 is 2.14 bits per heavy atom. The van der Waals surface area contributed by atoms with Crippen molar-refractivity contribution in [2.75, 3.05) is 19.8 Å². The molecule has 0 aliphatic heterocycles. The molecule has 0 saturated heterocycles. The molecule has 0 aliphatic rings. The fourth-order valence-corrected chi connectivity index (χ4v) is 2.89. The highest BCUT2D eigenvalue weighted by molar-refractivity contribution is 7.13. The summed E-state index contributed by atoms with van der Waals surface area (Å²) in [6.07, 6.45) is -1.53. The van der Waals surface area contributed by atoms with E-state index in [1.807, 2.05) is 36.7 Å². The van der Waals surface area contributed by atoms with Crippen LogP contribution in [0, 0.1) is 6.92 Å². The number of aromatic nitrogens is 1. The van der Waals surface area contributed by atoms with Gasteiger partial charge in [-0.25, -0.2) is 9.78 Å². The highest BCUT2D eigenvalue weighted by atomic mass is 32.1. The van der Waals surface area contributed by atoms with E-state index in [4.69, 9.17) is 14.9 Å². The molecule has 0 spiro atoms. The lowest BCUT2D eigenvalue weighted by molar-refractivity contribution is 0.0284. The molecule has 0 saturated carbocycles. The first-order chi connectivity index (χ1) is 10.6. The van der Waals surface area contributed by atoms with E-state index < -0.39 is 12.2 Å². The molecule has 0 bridgehead atoms. The molecule has 1 aromatic carbocycles. The van der Waals surface area contributed by atoms with Crippen LogP contribution in [0.25, 0.3) is 10.4 Å². The maximum Gasteiger partial charge on any atom is 0.404 e. The van der Waals surface area contributed by atoms with Gasteiger partial charge in [0.15, 0.2) is 0 Å². The number of ether oxygens (including phenoxy) is 1. The number of thiazole rings is 1. The third-order valence-electron chi connectivity index (χ3n) is 3.14. The van der Waals surface area contributed by atoms with Gasteiger partial charge in [0.25, 0.3) is 0 Å². The smallest absolute Gasteiger partial charge is 0.404 e. The van der Waals surface area contributed by atoms with Crippen LogP contribution in [0.15, 0.2) is 29.8 Å². The Morgan fingerprint density at radius 1 is 1.41 bits per heavy atom. The van der Waals surface area contributed by atoms with E-state index in [2.05, 4.69) is 10.3 Å². The zero-order chi connectivity index (χ0) is 15.9. The van der Waals surface area contributed by atoms with Crippen LogP contribution in [0.2, 0.25) is 0 Å². The summed E-state index contributed by atoms with van der Waals surface area (Å²) in [5, 5.41) is 19.9. The molecular weight excluding hydrogens is 304 g/mol. The molecule has 0 radical (unpaired) electrons. The molecular formula is C15H18N2O4S. The highest BCUT2D eigenvalue weighted by Gasteiger charge is 2.14. The van der Waals surface area contributed by atoms with Crippen LogP contribution in [-0.4, -0.2) is 41.0 Å². The van der Waals surface area contributed by atoms with Crippen molar-refractivity contribution in [3.8, 4) is 10.4 Å². The highest BCUT2D eigenvalue weighted by Crippen LogP contribution is 2.28. The van der Waals surface area contributed by atoms with Crippen molar-refractivity contribution in [3.05, 3.63) is 41.0 Å². The third-order valence-corrected chi connectivity index (χ3v) is 4.12. The van der Waals surface area contributed by atoms with Gasteiger partial charge in [-0.2, -0.15) is 0 Å². The van der Waals surface area contributed by atoms with E-state index in [9.17, 15) is 4.79 Å². The van der Waals surface area contributed by atoms with Gasteiger partial charge in [0.05, 0.1) is 35.8 Å². The summed E-state index contributed by atoms with van der Waals surface area (Å²) >= 11 is 1.58. The van der Waals surface area contributed by atoms with Crippen LogP contribution in [0.1, 0.15) is 17.4 Å². The second-order valence-corrected chi connectivity index (χ2v) is 5.51. The van der Waals surface area contributed by atoms with Crippen molar-refractivity contribution in [2.45, 2.75) is 13.0 Å². The Labute approximate surface area is 132 Å². The quantitative estimate of drug-likeness (QED) is 0.728.